The molecule has 0 spiro atoms. The maximum Gasteiger partial charge on any atom is 0.309 e. The van der Waals surface area contributed by atoms with Gasteiger partial charge in [-0.1, -0.05) is 26.8 Å². The Labute approximate surface area is 176 Å². The lowest BCUT2D eigenvalue weighted by atomic mass is 9.72. The van der Waals surface area contributed by atoms with Crippen LogP contribution < -0.4 is 0 Å². The molecule has 4 heteroatoms. The lowest BCUT2D eigenvalue weighted by Crippen LogP contribution is -2.32. The molecular weight excluding hydrogens is 364 g/mol. The van der Waals surface area contributed by atoms with Gasteiger partial charge in [0.2, 0.25) is 0 Å². The number of hydrogen-bond acceptors (Lipinski definition) is 4. The third-order valence-corrected chi connectivity index (χ3v) is 7.63. The molecule has 0 amide bonds. The molecule has 3 saturated carbocycles. The number of carbonyl (C=O) groups is 2. The predicted octanol–water partition coefficient (Wildman–Crippen LogP) is 5.49. The van der Waals surface area contributed by atoms with Gasteiger partial charge in [0.05, 0.1) is 12.0 Å². The van der Waals surface area contributed by atoms with Gasteiger partial charge in [-0.3, -0.25) is 9.59 Å². The van der Waals surface area contributed by atoms with E-state index in [4.69, 9.17) is 9.47 Å². The number of carbonyl (C=O) groups excluding carboxylic acids is 2. The van der Waals surface area contributed by atoms with Gasteiger partial charge in [0.15, 0.2) is 5.78 Å². The summed E-state index contributed by atoms with van der Waals surface area (Å²) in [6.45, 7) is 6.53. The zero-order chi connectivity index (χ0) is 21.0. The quantitative estimate of drug-likeness (QED) is 0.449. The van der Waals surface area contributed by atoms with E-state index in [2.05, 4.69) is 26.8 Å². The number of Topliss-reactive ketones (excluding diaryl/α,β-unsaturated/α-hetero) is 1. The lowest BCUT2D eigenvalue weighted by molar-refractivity contribution is -0.157. The Morgan fingerprint density at radius 2 is 1.55 bits per heavy atom. The smallest absolute Gasteiger partial charge is 0.309 e. The number of ketones is 1. The molecule has 0 aromatic heterocycles. The lowest BCUT2D eigenvalue weighted by Gasteiger charge is -2.33. The molecule has 0 N–H and O–H groups in total. The zero-order valence-corrected chi connectivity index (χ0v) is 18.8. The van der Waals surface area contributed by atoms with Crippen LogP contribution >= 0.6 is 0 Å². The van der Waals surface area contributed by atoms with Gasteiger partial charge in [0.25, 0.3) is 0 Å². The fraction of sp³-hybridized carbons (Fsp3) is 0.840. The first kappa shape index (κ1) is 22.5. The third-order valence-electron chi connectivity index (χ3n) is 7.63. The zero-order valence-electron chi connectivity index (χ0n) is 18.8. The topological polar surface area (TPSA) is 52.6 Å². The summed E-state index contributed by atoms with van der Waals surface area (Å²) < 4.78 is 11.3. The van der Waals surface area contributed by atoms with E-state index in [-0.39, 0.29) is 23.9 Å². The fourth-order valence-corrected chi connectivity index (χ4v) is 5.48. The molecule has 2 atom stereocenters. The van der Waals surface area contributed by atoms with Crippen LogP contribution in [0.5, 0.6) is 0 Å². The molecule has 29 heavy (non-hydrogen) atoms. The second-order valence-electron chi connectivity index (χ2n) is 10.00. The Morgan fingerprint density at radius 3 is 2.14 bits per heavy atom. The van der Waals surface area contributed by atoms with Crippen molar-refractivity contribution in [1.29, 1.82) is 0 Å². The maximum atomic E-state index is 12.9. The monoisotopic (exact) mass is 404 g/mol. The van der Waals surface area contributed by atoms with Gasteiger partial charge < -0.3 is 9.47 Å². The van der Waals surface area contributed by atoms with E-state index in [9.17, 15) is 9.59 Å². The Hall–Kier alpha value is -1.16. The molecular formula is C25H40O4. The van der Waals surface area contributed by atoms with Crippen molar-refractivity contribution in [2.75, 3.05) is 7.11 Å². The van der Waals surface area contributed by atoms with Crippen LogP contribution in [0.15, 0.2) is 11.6 Å². The van der Waals surface area contributed by atoms with Crippen LogP contribution in [-0.4, -0.2) is 31.1 Å². The van der Waals surface area contributed by atoms with Crippen molar-refractivity contribution in [2.24, 2.45) is 29.6 Å². The van der Waals surface area contributed by atoms with Crippen molar-refractivity contribution in [1.82, 2.24) is 0 Å². The average Bonchev–Trinajstić information content (AvgIpc) is 2.72. The molecule has 2 unspecified atom stereocenters. The second-order valence-corrected chi connectivity index (χ2v) is 10.00. The molecule has 3 aliphatic rings. The standard InChI is InChI=1S/C25H40O4/c1-16(2)22-14-5-17(3)23(24(22)26)15-18-6-10-21(11-7-18)29-25(27)19-8-12-20(28-4)13-9-19/h15-22H,5-14H2,1-4H3/b23-15+. The molecule has 0 aromatic carbocycles. The average molecular weight is 405 g/mol. The van der Waals surface area contributed by atoms with E-state index in [0.29, 0.717) is 29.6 Å². The molecule has 0 aliphatic heterocycles. The number of hydrogen-bond donors (Lipinski definition) is 0. The summed E-state index contributed by atoms with van der Waals surface area (Å²) in [4.78, 5) is 25.5. The molecule has 0 bridgehead atoms. The molecule has 0 saturated heterocycles. The van der Waals surface area contributed by atoms with E-state index in [1.165, 1.54) is 0 Å². The normalized spacial score (nSPS) is 37.7. The van der Waals surface area contributed by atoms with Crippen molar-refractivity contribution in [3.8, 4) is 0 Å². The number of ether oxygens (including phenoxy) is 2. The van der Waals surface area contributed by atoms with Gasteiger partial charge in [-0.25, -0.2) is 0 Å². The summed E-state index contributed by atoms with van der Waals surface area (Å²) in [5.41, 5.74) is 1.07. The Kier molecular flexibility index (Phi) is 7.95. The van der Waals surface area contributed by atoms with Crippen LogP contribution in [0.3, 0.4) is 0 Å². The first-order valence-electron chi connectivity index (χ1n) is 11.9. The van der Waals surface area contributed by atoms with E-state index < -0.39 is 0 Å². The number of esters is 1. The summed E-state index contributed by atoms with van der Waals surface area (Å²) in [5, 5.41) is 0. The molecule has 0 heterocycles. The number of methoxy groups -OCH3 is 1. The SMILES string of the molecule is COC1CCC(C(=O)OC2CCC(/C=C3/C(=O)C(C(C)C)CCC3C)CC2)CC1. The summed E-state index contributed by atoms with van der Waals surface area (Å²) in [7, 11) is 1.75. The highest BCUT2D eigenvalue weighted by atomic mass is 16.5. The van der Waals surface area contributed by atoms with Crippen LogP contribution in [0.4, 0.5) is 0 Å². The summed E-state index contributed by atoms with van der Waals surface area (Å²) in [6.07, 6.45) is 12.4. The molecule has 3 aliphatic carbocycles. The first-order valence-corrected chi connectivity index (χ1v) is 11.9. The van der Waals surface area contributed by atoms with Crippen LogP contribution in [-0.2, 0) is 19.1 Å². The van der Waals surface area contributed by atoms with Crippen LogP contribution in [0.1, 0.15) is 85.0 Å². The molecule has 3 fully saturated rings. The van der Waals surface area contributed by atoms with Crippen molar-refractivity contribution in [2.45, 2.75) is 97.2 Å². The molecule has 0 radical (unpaired) electrons. The molecule has 0 aromatic rings. The Balaban J connectivity index is 1.48. The highest BCUT2D eigenvalue weighted by Crippen LogP contribution is 2.37. The van der Waals surface area contributed by atoms with Gasteiger partial charge >= 0.3 is 5.97 Å². The van der Waals surface area contributed by atoms with Gasteiger partial charge in [0.1, 0.15) is 6.10 Å². The first-order chi connectivity index (χ1) is 13.9. The fourth-order valence-electron chi connectivity index (χ4n) is 5.48. The maximum absolute atomic E-state index is 12.9. The summed E-state index contributed by atoms with van der Waals surface area (Å²) in [5.74, 6) is 1.89. The highest BCUT2D eigenvalue weighted by Gasteiger charge is 2.34. The predicted molar refractivity (Wildman–Crippen MR) is 114 cm³/mol. The van der Waals surface area contributed by atoms with Gasteiger partial charge in [-0.2, -0.15) is 0 Å². The van der Waals surface area contributed by atoms with Crippen molar-refractivity contribution in [3.63, 3.8) is 0 Å². The largest absolute Gasteiger partial charge is 0.462 e. The minimum absolute atomic E-state index is 0.00258. The summed E-state index contributed by atoms with van der Waals surface area (Å²) in [6, 6.07) is 0. The van der Waals surface area contributed by atoms with Crippen molar-refractivity contribution >= 4 is 11.8 Å². The van der Waals surface area contributed by atoms with Crippen molar-refractivity contribution < 1.29 is 19.1 Å². The van der Waals surface area contributed by atoms with E-state index in [1.54, 1.807) is 7.11 Å². The number of rotatable bonds is 5. The van der Waals surface area contributed by atoms with Gasteiger partial charge in [0, 0.05) is 13.0 Å². The summed E-state index contributed by atoms with van der Waals surface area (Å²) >= 11 is 0. The van der Waals surface area contributed by atoms with E-state index >= 15 is 0 Å². The second kappa shape index (κ2) is 10.2. The van der Waals surface area contributed by atoms with Gasteiger partial charge in [-0.15, -0.1) is 0 Å². The highest BCUT2D eigenvalue weighted by molar-refractivity contribution is 5.98. The van der Waals surface area contributed by atoms with Crippen molar-refractivity contribution in [3.05, 3.63) is 11.6 Å². The third kappa shape index (κ3) is 5.71. The molecule has 4 nitrogen and oxygen atoms in total. The van der Waals surface area contributed by atoms with Crippen LogP contribution in [0, 0.1) is 29.6 Å². The Morgan fingerprint density at radius 1 is 0.931 bits per heavy atom. The minimum atomic E-state index is -0.00258. The molecule has 3 rings (SSSR count). The minimum Gasteiger partial charge on any atom is -0.462 e. The number of allylic oxidation sites excluding steroid dienone is 2. The van der Waals surface area contributed by atoms with Crippen LogP contribution in [0.25, 0.3) is 0 Å². The van der Waals surface area contributed by atoms with Crippen LogP contribution in [0.2, 0.25) is 0 Å². The van der Waals surface area contributed by atoms with E-state index in [1.807, 2.05) is 0 Å². The van der Waals surface area contributed by atoms with Gasteiger partial charge in [-0.05, 0) is 87.5 Å². The van der Waals surface area contributed by atoms with E-state index in [0.717, 1.165) is 69.8 Å². The molecule has 164 valence electrons. The Bertz CT molecular complexity index is 592.